The molecule has 0 N–H and O–H groups in total. The molecule has 0 radical (unpaired) electrons. The highest BCUT2D eigenvalue weighted by atomic mass is 35.5. The van der Waals surface area contributed by atoms with E-state index in [1.54, 1.807) is 13.8 Å². The molecule has 0 heterocycles. The van der Waals surface area contributed by atoms with E-state index in [9.17, 15) is 14.0 Å². The van der Waals surface area contributed by atoms with Crippen LogP contribution in [0.2, 0.25) is 5.02 Å². The van der Waals surface area contributed by atoms with Crippen molar-refractivity contribution in [3.8, 4) is 5.75 Å². The van der Waals surface area contributed by atoms with Crippen LogP contribution < -0.4 is 4.74 Å². The molecule has 0 amide bonds. The number of hydrogen-bond donors (Lipinski definition) is 0. The Labute approximate surface area is 115 Å². The van der Waals surface area contributed by atoms with Gasteiger partial charge in [0.25, 0.3) is 6.10 Å². The van der Waals surface area contributed by atoms with Gasteiger partial charge < -0.3 is 9.47 Å². The van der Waals surface area contributed by atoms with Crippen molar-refractivity contribution >= 4 is 23.4 Å². The Hall–Kier alpha value is -1.62. The van der Waals surface area contributed by atoms with Crippen LogP contribution in [0.25, 0.3) is 0 Å². The van der Waals surface area contributed by atoms with Gasteiger partial charge in [-0.25, -0.2) is 9.18 Å². The lowest BCUT2D eigenvalue weighted by Gasteiger charge is -2.16. The molecule has 0 aromatic heterocycles. The third kappa shape index (κ3) is 4.21. The zero-order valence-corrected chi connectivity index (χ0v) is 11.4. The second kappa shape index (κ2) is 7.09. The number of hydrogen-bond acceptors (Lipinski definition) is 4. The van der Waals surface area contributed by atoms with Crippen LogP contribution in [-0.4, -0.2) is 24.5 Å². The first-order valence-electron chi connectivity index (χ1n) is 5.80. The SMILES string of the molecule is CCOC(=O)C(Oc1ccc(F)c(Cl)c1)C(=O)CC. The second-order valence-corrected chi connectivity index (χ2v) is 4.05. The van der Waals surface area contributed by atoms with Crippen molar-refractivity contribution in [1.82, 2.24) is 0 Å². The van der Waals surface area contributed by atoms with E-state index >= 15 is 0 Å². The number of rotatable bonds is 6. The van der Waals surface area contributed by atoms with E-state index in [4.69, 9.17) is 21.1 Å². The summed E-state index contributed by atoms with van der Waals surface area (Å²) in [6.07, 6.45) is -1.23. The molecule has 104 valence electrons. The van der Waals surface area contributed by atoms with E-state index in [1.807, 2.05) is 0 Å². The normalized spacial score (nSPS) is 11.8. The van der Waals surface area contributed by atoms with Gasteiger partial charge in [-0.05, 0) is 19.1 Å². The Morgan fingerprint density at radius 3 is 2.58 bits per heavy atom. The van der Waals surface area contributed by atoms with Gasteiger partial charge in [-0.2, -0.15) is 0 Å². The van der Waals surface area contributed by atoms with Crippen molar-refractivity contribution in [3.63, 3.8) is 0 Å². The third-order valence-electron chi connectivity index (χ3n) is 2.29. The van der Waals surface area contributed by atoms with E-state index < -0.39 is 23.7 Å². The molecule has 0 spiro atoms. The number of carbonyl (C=O) groups is 2. The van der Waals surface area contributed by atoms with E-state index in [1.165, 1.54) is 12.1 Å². The Bertz CT molecular complexity index is 476. The fourth-order valence-electron chi connectivity index (χ4n) is 1.33. The largest absolute Gasteiger partial charge is 0.471 e. The minimum absolute atomic E-state index is 0.123. The molecule has 1 atom stereocenters. The van der Waals surface area contributed by atoms with Gasteiger partial charge in [-0.15, -0.1) is 0 Å². The Balaban J connectivity index is 2.90. The quantitative estimate of drug-likeness (QED) is 0.596. The topological polar surface area (TPSA) is 52.6 Å². The van der Waals surface area contributed by atoms with Crippen LogP contribution in [0.1, 0.15) is 20.3 Å². The zero-order valence-electron chi connectivity index (χ0n) is 10.6. The lowest BCUT2D eigenvalue weighted by atomic mass is 10.2. The fourth-order valence-corrected chi connectivity index (χ4v) is 1.51. The van der Waals surface area contributed by atoms with Gasteiger partial charge in [-0.3, -0.25) is 4.79 Å². The Kier molecular flexibility index (Phi) is 5.76. The number of ether oxygens (including phenoxy) is 2. The van der Waals surface area contributed by atoms with Gasteiger partial charge in [0.05, 0.1) is 11.6 Å². The van der Waals surface area contributed by atoms with Crippen LogP contribution in [0.15, 0.2) is 18.2 Å². The molecule has 0 aliphatic rings. The lowest BCUT2D eigenvalue weighted by Crippen LogP contribution is -2.37. The average molecular weight is 289 g/mol. The molecule has 4 nitrogen and oxygen atoms in total. The summed E-state index contributed by atoms with van der Waals surface area (Å²) in [5, 5.41) is -0.149. The van der Waals surface area contributed by atoms with Crippen LogP contribution in [-0.2, 0) is 14.3 Å². The Morgan fingerprint density at radius 2 is 2.05 bits per heavy atom. The smallest absolute Gasteiger partial charge is 0.355 e. The van der Waals surface area contributed by atoms with Gasteiger partial charge in [0, 0.05) is 12.5 Å². The number of ketones is 1. The van der Waals surface area contributed by atoms with Crippen LogP contribution in [0.3, 0.4) is 0 Å². The molecule has 0 aliphatic heterocycles. The number of Topliss-reactive ketones (excluding diaryl/α,β-unsaturated/α-hetero) is 1. The fraction of sp³-hybridized carbons (Fsp3) is 0.385. The van der Waals surface area contributed by atoms with Gasteiger partial charge in [0.15, 0.2) is 5.78 Å². The molecule has 1 aromatic carbocycles. The first-order valence-corrected chi connectivity index (χ1v) is 6.18. The summed E-state index contributed by atoms with van der Waals surface area (Å²) in [5.41, 5.74) is 0. The van der Waals surface area contributed by atoms with Crippen LogP contribution in [0.5, 0.6) is 5.75 Å². The van der Waals surface area contributed by atoms with Crippen LogP contribution >= 0.6 is 11.6 Å². The molecular weight excluding hydrogens is 275 g/mol. The molecule has 0 bridgehead atoms. The van der Waals surface area contributed by atoms with Crippen molar-refractivity contribution in [2.45, 2.75) is 26.4 Å². The van der Waals surface area contributed by atoms with Gasteiger partial charge >= 0.3 is 5.97 Å². The van der Waals surface area contributed by atoms with Gasteiger partial charge in [0.2, 0.25) is 0 Å². The van der Waals surface area contributed by atoms with Crippen molar-refractivity contribution in [2.24, 2.45) is 0 Å². The number of carbonyl (C=O) groups excluding carboxylic acids is 2. The van der Waals surface area contributed by atoms with Crippen molar-refractivity contribution in [1.29, 1.82) is 0 Å². The second-order valence-electron chi connectivity index (χ2n) is 3.65. The van der Waals surface area contributed by atoms with Gasteiger partial charge in [0.1, 0.15) is 11.6 Å². The maximum Gasteiger partial charge on any atom is 0.355 e. The lowest BCUT2D eigenvalue weighted by molar-refractivity contribution is -0.155. The molecule has 0 fully saturated rings. The highest BCUT2D eigenvalue weighted by Gasteiger charge is 2.28. The van der Waals surface area contributed by atoms with E-state index in [-0.39, 0.29) is 23.8 Å². The van der Waals surface area contributed by atoms with Crippen molar-refractivity contribution in [2.75, 3.05) is 6.61 Å². The highest BCUT2D eigenvalue weighted by molar-refractivity contribution is 6.30. The number of halogens is 2. The number of esters is 1. The van der Waals surface area contributed by atoms with Crippen LogP contribution in [0, 0.1) is 5.82 Å². The summed E-state index contributed by atoms with van der Waals surface area (Å²) in [5.74, 6) is -1.66. The monoisotopic (exact) mass is 288 g/mol. The molecule has 0 aliphatic carbocycles. The standard InChI is InChI=1S/C13H14ClFO4/c1-3-11(16)12(13(17)18-4-2)19-8-5-6-10(15)9(14)7-8/h5-7,12H,3-4H2,1-2H3. The minimum Gasteiger partial charge on any atom is -0.471 e. The molecule has 1 rings (SSSR count). The molecular formula is C13H14ClFO4. The average Bonchev–Trinajstić information content (AvgIpc) is 2.39. The molecule has 6 heteroatoms. The molecule has 0 saturated heterocycles. The first-order chi connectivity index (χ1) is 8.99. The third-order valence-corrected chi connectivity index (χ3v) is 2.58. The maximum atomic E-state index is 13.0. The minimum atomic E-state index is -1.36. The molecule has 0 saturated carbocycles. The maximum absolute atomic E-state index is 13.0. The number of benzene rings is 1. The van der Waals surface area contributed by atoms with E-state index in [0.29, 0.717) is 0 Å². The van der Waals surface area contributed by atoms with Crippen molar-refractivity contribution < 1.29 is 23.5 Å². The summed E-state index contributed by atoms with van der Waals surface area (Å²) in [6, 6.07) is 3.58. The summed E-state index contributed by atoms with van der Waals surface area (Å²) in [6.45, 7) is 3.37. The first kappa shape index (κ1) is 15.4. The summed E-state index contributed by atoms with van der Waals surface area (Å²) in [7, 11) is 0. The summed E-state index contributed by atoms with van der Waals surface area (Å²) >= 11 is 5.60. The zero-order chi connectivity index (χ0) is 14.4. The van der Waals surface area contributed by atoms with Crippen molar-refractivity contribution in [3.05, 3.63) is 29.0 Å². The predicted molar refractivity (Wildman–Crippen MR) is 67.8 cm³/mol. The highest BCUT2D eigenvalue weighted by Crippen LogP contribution is 2.22. The molecule has 19 heavy (non-hydrogen) atoms. The van der Waals surface area contributed by atoms with E-state index in [2.05, 4.69) is 0 Å². The van der Waals surface area contributed by atoms with Crippen LogP contribution in [0.4, 0.5) is 4.39 Å². The predicted octanol–water partition coefficient (Wildman–Crippen LogP) is 2.77. The molecule has 1 aromatic rings. The summed E-state index contributed by atoms with van der Waals surface area (Å²) < 4.78 is 23.0. The van der Waals surface area contributed by atoms with Gasteiger partial charge in [-0.1, -0.05) is 18.5 Å². The van der Waals surface area contributed by atoms with E-state index in [0.717, 1.165) is 6.07 Å². The summed E-state index contributed by atoms with van der Waals surface area (Å²) in [4.78, 5) is 23.3. The Morgan fingerprint density at radius 1 is 1.37 bits per heavy atom. The molecule has 1 unspecified atom stereocenters.